The lowest BCUT2D eigenvalue weighted by Crippen LogP contribution is -2.49. The van der Waals surface area contributed by atoms with E-state index in [-0.39, 0.29) is 23.9 Å². The van der Waals surface area contributed by atoms with Crippen LogP contribution in [0.15, 0.2) is 0 Å². The molecule has 2 fully saturated rings. The van der Waals surface area contributed by atoms with Gasteiger partial charge in [-0.1, -0.05) is 6.42 Å². The number of rotatable bonds is 3. The van der Waals surface area contributed by atoms with Gasteiger partial charge in [-0.2, -0.15) is 0 Å². The molecule has 17 heavy (non-hydrogen) atoms. The summed E-state index contributed by atoms with van der Waals surface area (Å²) in [7, 11) is 0. The van der Waals surface area contributed by atoms with Crippen molar-refractivity contribution < 1.29 is 14.7 Å². The smallest absolute Gasteiger partial charge is 0.306 e. The molecule has 1 amide bonds. The third kappa shape index (κ3) is 3.19. The van der Waals surface area contributed by atoms with Crippen LogP contribution in [0.2, 0.25) is 0 Å². The van der Waals surface area contributed by atoms with E-state index in [9.17, 15) is 9.59 Å². The quantitative estimate of drug-likeness (QED) is 0.671. The van der Waals surface area contributed by atoms with Crippen molar-refractivity contribution in [1.82, 2.24) is 10.6 Å². The molecule has 5 nitrogen and oxygen atoms in total. The van der Waals surface area contributed by atoms with Crippen molar-refractivity contribution >= 4 is 11.9 Å². The molecular formula is C12H20N2O3. The van der Waals surface area contributed by atoms with E-state index in [1.807, 2.05) is 0 Å². The van der Waals surface area contributed by atoms with Gasteiger partial charge in [0.1, 0.15) is 0 Å². The third-order valence-corrected chi connectivity index (χ3v) is 3.76. The second-order valence-electron chi connectivity index (χ2n) is 5.06. The van der Waals surface area contributed by atoms with Gasteiger partial charge < -0.3 is 15.7 Å². The SMILES string of the molecule is O=C(O)[C@@H]1CC[C@H](NC(=O)[C@H]2CCCCN2)C1. The minimum absolute atomic E-state index is 0.0424. The zero-order valence-electron chi connectivity index (χ0n) is 9.95. The lowest BCUT2D eigenvalue weighted by Gasteiger charge is -2.24. The number of piperidine rings is 1. The summed E-state index contributed by atoms with van der Waals surface area (Å²) in [5, 5.41) is 15.1. The summed E-state index contributed by atoms with van der Waals surface area (Å²) in [4.78, 5) is 22.7. The van der Waals surface area contributed by atoms with Gasteiger partial charge in [0.15, 0.2) is 0 Å². The molecule has 1 aliphatic carbocycles. The fraction of sp³-hybridized carbons (Fsp3) is 0.833. The van der Waals surface area contributed by atoms with Crippen LogP contribution in [0.5, 0.6) is 0 Å². The number of amides is 1. The molecule has 0 spiro atoms. The molecule has 3 N–H and O–H groups in total. The predicted octanol–water partition coefficient (Wildman–Crippen LogP) is 0.498. The summed E-state index contributed by atoms with van der Waals surface area (Å²) in [5.74, 6) is -0.974. The number of carboxylic acid groups (broad SMARTS) is 1. The zero-order chi connectivity index (χ0) is 12.3. The van der Waals surface area contributed by atoms with Crippen LogP contribution in [-0.4, -0.2) is 35.6 Å². The molecule has 3 atom stereocenters. The maximum atomic E-state index is 11.9. The van der Waals surface area contributed by atoms with E-state index in [0.717, 1.165) is 32.2 Å². The average molecular weight is 240 g/mol. The Morgan fingerprint density at radius 2 is 2.00 bits per heavy atom. The van der Waals surface area contributed by atoms with Crippen LogP contribution in [0.4, 0.5) is 0 Å². The average Bonchev–Trinajstić information content (AvgIpc) is 2.79. The van der Waals surface area contributed by atoms with Gasteiger partial charge in [-0.25, -0.2) is 0 Å². The van der Waals surface area contributed by atoms with Crippen LogP contribution in [0.1, 0.15) is 38.5 Å². The molecular weight excluding hydrogens is 220 g/mol. The van der Waals surface area contributed by atoms with E-state index >= 15 is 0 Å². The van der Waals surface area contributed by atoms with E-state index in [1.165, 1.54) is 0 Å². The molecule has 2 rings (SSSR count). The van der Waals surface area contributed by atoms with Gasteiger partial charge >= 0.3 is 5.97 Å². The Labute approximate surface area is 101 Å². The highest BCUT2D eigenvalue weighted by Crippen LogP contribution is 2.25. The number of carboxylic acids is 1. The monoisotopic (exact) mass is 240 g/mol. The Bertz CT molecular complexity index is 300. The van der Waals surface area contributed by atoms with Gasteiger partial charge in [0.2, 0.25) is 5.91 Å². The van der Waals surface area contributed by atoms with Crippen molar-refractivity contribution in [2.75, 3.05) is 6.54 Å². The third-order valence-electron chi connectivity index (χ3n) is 3.76. The molecule has 96 valence electrons. The first-order valence-electron chi connectivity index (χ1n) is 6.43. The second-order valence-corrected chi connectivity index (χ2v) is 5.06. The zero-order valence-corrected chi connectivity index (χ0v) is 9.95. The molecule has 0 aromatic carbocycles. The molecule has 0 bridgehead atoms. The Hall–Kier alpha value is -1.10. The summed E-state index contributed by atoms with van der Waals surface area (Å²) < 4.78 is 0. The number of hydrogen-bond acceptors (Lipinski definition) is 3. The summed E-state index contributed by atoms with van der Waals surface area (Å²) in [6.07, 6.45) is 5.16. The van der Waals surface area contributed by atoms with Gasteiger partial charge in [-0.3, -0.25) is 9.59 Å². The first-order chi connectivity index (χ1) is 8.16. The van der Waals surface area contributed by atoms with E-state index in [2.05, 4.69) is 10.6 Å². The van der Waals surface area contributed by atoms with Gasteiger partial charge in [-0.05, 0) is 38.6 Å². The Balaban J connectivity index is 1.77. The van der Waals surface area contributed by atoms with Crippen LogP contribution < -0.4 is 10.6 Å². The molecule has 1 saturated carbocycles. The number of nitrogens with one attached hydrogen (secondary N) is 2. The molecule has 1 heterocycles. The standard InChI is InChI=1S/C12H20N2O3/c15-11(10-3-1-2-6-13-10)14-9-5-4-8(7-9)12(16)17/h8-10,13H,1-7H2,(H,14,15)(H,16,17)/t8-,9+,10-/m1/s1. The van der Waals surface area contributed by atoms with Gasteiger partial charge in [0.05, 0.1) is 12.0 Å². The Morgan fingerprint density at radius 3 is 2.59 bits per heavy atom. The number of carbonyl (C=O) groups is 2. The predicted molar refractivity (Wildman–Crippen MR) is 62.5 cm³/mol. The van der Waals surface area contributed by atoms with Crippen LogP contribution in [0.25, 0.3) is 0 Å². The lowest BCUT2D eigenvalue weighted by molar-refractivity contribution is -0.141. The van der Waals surface area contributed by atoms with E-state index in [4.69, 9.17) is 5.11 Å². The summed E-state index contributed by atoms with van der Waals surface area (Å²) >= 11 is 0. The Morgan fingerprint density at radius 1 is 1.18 bits per heavy atom. The first kappa shape index (κ1) is 12.4. The van der Waals surface area contributed by atoms with Crippen molar-refractivity contribution in [3.05, 3.63) is 0 Å². The first-order valence-corrected chi connectivity index (χ1v) is 6.43. The second kappa shape index (κ2) is 5.49. The topological polar surface area (TPSA) is 78.4 Å². The molecule has 0 unspecified atom stereocenters. The van der Waals surface area contributed by atoms with Crippen molar-refractivity contribution in [2.45, 2.75) is 50.6 Å². The summed E-state index contributed by atoms with van der Waals surface area (Å²) in [5.41, 5.74) is 0. The Kier molecular flexibility index (Phi) is 3.99. The number of hydrogen-bond donors (Lipinski definition) is 3. The van der Waals surface area contributed by atoms with Crippen LogP contribution >= 0.6 is 0 Å². The largest absolute Gasteiger partial charge is 0.481 e. The number of carbonyl (C=O) groups excluding carboxylic acids is 1. The summed E-state index contributed by atoms with van der Waals surface area (Å²) in [6, 6.07) is -0.0278. The van der Waals surface area contributed by atoms with Crippen molar-refractivity contribution in [3.63, 3.8) is 0 Å². The van der Waals surface area contributed by atoms with E-state index in [0.29, 0.717) is 12.8 Å². The van der Waals surface area contributed by atoms with Crippen molar-refractivity contribution in [2.24, 2.45) is 5.92 Å². The highest BCUT2D eigenvalue weighted by molar-refractivity contribution is 5.82. The molecule has 5 heteroatoms. The highest BCUT2D eigenvalue weighted by atomic mass is 16.4. The van der Waals surface area contributed by atoms with E-state index < -0.39 is 5.97 Å². The molecule has 0 aromatic heterocycles. The summed E-state index contributed by atoms with van der Waals surface area (Å²) in [6.45, 7) is 0.903. The number of aliphatic carboxylic acids is 1. The molecule has 2 aliphatic rings. The minimum Gasteiger partial charge on any atom is -0.481 e. The van der Waals surface area contributed by atoms with Crippen molar-refractivity contribution in [1.29, 1.82) is 0 Å². The van der Waals surface area contributed by atoms with Crippen LogP contribution in [0.3, 0.4) is 0 Å². The van der Waals surface area contributed by atoms with Crippen LogP contribution in [-0.2, 0) is 9.59 Å². The van der Waals surface area contributed by atoms with Gasteiger partial charge in [0.25, 0.3) is 0 Å². The normalized spacial score (nSPS) is 33.3. The van der Waals surface area contributed by atoms with Crippen molar-refractivity contribution in [3.8, 4) is 0 Å². The lowest BCUT2D eigenvalue weighted by atomic mass is 10.0. The van der Waals surface area contributed by atoms with Gasteiger partial charge in [0, 0.05) is 6.04 Å². The fourth-order valence-electron chi connectivity index (χ4n) is 2.71. The molecule has 1 aliphatic heterocycles. The molecule has 0 radical (unpaired) electrons. The molecule has 1 saturated heterocycles. The minimum atomic E-state index is -0.738. The maximum absolute atomic E-state index is 11.9. The van der Waals surface area contributed by atoms with Crippen LogP contribution in [0, 0.1) is 5.92 Å². The molecule has 0 aromatic rings. The highest BCUT2D eigenvalue weighted by Gasteiger charge is 2.32. The maximum Gasteiger partial charge on any atom is 0.306 e. The van der Waals surface area contributed by atoms with Gasteiger partial charge in [-0.15, -0.1) is 0 Å². The van der Waals surface area contributed by atoms with E-state index in [1.54, 1.807) is 0 Å². The fourth-order valence-corrected chi connectivity index (χ4v) is 2.71.